The summed E-state index contributed by atoms with van der Waals surface area (Å²) >= 11 is 0. The Morgan fingerprint density at radius 1 is 1.36 bits per heavy atom. The molecule has 0 aromatic carbocycles. The van der Waals surface area contributed by atoms with E-state index in [0.717, 1.165) is 36.6 Å². The smallest absolute Gasteiger partial charge is 0.194 e. The van der Waals surface area contributed by atoms with Crippen LogP contribution in [0.2, 0.25) is 0 Å². The highest BCUT2D eigenvalue weighted by atomic mass is 16.4. The standard InChI is InChI=1S/C9H15NO/c1-4-6-9-10-7(3)8(5-2)11-9/h4-6H2,1-3H3. The highest BCUT2D eigenvalue weighted by Crippen LogP contribution is 2.11. The molecule has 0 spiro atoms. The second kappa shape index (κ2) is 3.56. The highest BCUT2D eigenvalue weighted by Gasteiger charge is 2.05. The summed E-state index contributed by atoms with van der Waals surface area (Å²) in [6.45, 7) is 6.22. The molecule has 0 fully saturated rings. The van der Waals surface area contributed by atoms with Crippen LogP contribution in [0.1, 0.15) is 37.6 Å². The summed E-state index contributed by atoms with van der Waals surface area (Å²) in [6.07, 6.45) is 3.01. The molecule has 2 heteroatoms. The molecule has 62 valence electrons. The molecule has 0 aliphatic heterocycles. The van der Waals surface area contributed by atoms with E-state index < -0.39 is 0 Å². The zero-order valence-electron chi connectivity index (χ0n) is 7.48. The maximum Gasteiger partial charge on any atom is 0.194 e. The third-order valence-electron chi connectivity index (χ3n) is 1.72. The van der Waals surface area contributed by atoms with Gasteiger partial charge in [-0.15, -0.1) is 0 Å². The van der Waals surface area contributed by atoms with Gasteiger partial charge >= 0.3 is 0 Å². The lowest BCUT2D eigenvalue weighted by Crippen LogP contribution is -1.81. The Hall–Kier alpha value is -0.790. The van der Waals surface area contributed by atoms with Crippen molar-refractivity contribution in [2.24, 2.45) is 0 Å². The lowest BCUT2D eigenvalue weighted by Gasteiger charge is -1.88. The number of aryl methyl sites for hydroxylation is 3. The fourth-order valence-corrected chi connectivity index (χ4v) is 1.14. The van der Waals surface area contributed by atoms with Crippen LogP contribution >= 0.6 is 0 Å². The zero-order chi connectivity index (χ0) is 8.27. The monoisotopic (exact) mass is 153 g/mol. The van der Waals surface area contributed by atoms with E-state index in [9.17, 15) is 0 Å². The Balaban J connectivity index is 2.77. The first-order valence-electron chi connectivity index (χ1n) is 4.23. The number of nitrogens with zero attached hydrogens (tertiary/aromatic N) is 1. The maximum absolute atomic E-state index is 5.49. The number of aromatic nitrogens is 1. The number of rotatable bonds is 3. The third kappa shape index (κ3) is 1.82. The molecular weight excluding hydrogens is 138 g/mol. The van der Waals surface area contributed by atoms with Gasteiger partial charge in [-0.2, -0.15) is 0 Å². The first-order valence-corrected chi connectivity index (χ1v) is 4.23. The Morgan fingerprint density at radius 2 is 2.09 bits per heavy atom. The molecule has 0 amide bonds. The van der Waals surface area contributed by atoms with Crippen molar-refractivity contribution in [2.75, 3.05) is 0 Å². The van der Waals surface area contributed by atoms with Crippen LogP contribution in [0.5, 0.6) is 0 Å². The average Bonchev–Trinajstić information content (AvgIpc) is 2.32. The molecule has 0 unspecified atom stereocenters. The summed E-state index contributed by atoms with van der Waals surface area (Å²) < 4.78 is 5.49. The van der Waals surface area contributed by atoms with Gasteiger partial charge in [-0.1, -0.05) is 13.8 Å². The van der Waals surface area contributed by atoms with Crippen LogP contribution in [0.25, 0.3) is 0 Å². The Morgan fingerprint density at radius 3 is 2.55 bits per heavy atom. The molecular formula is C9H15NO. The highest BCUT2D eigenvalue weighted by molar-refractivity contribution is 5.07. The minimum absolute atomic E-state index is 0.891. The molecule has 0 atom stereocenters. The van der Waals surface area contributed by atoms with E-state index in [0.29, 0.717) is 0 Å². The molecule has 2 nitrogen and oxygen atoms in total. The molecule has 1 rings (SSSR count). The second-order valence-corrected chi connectivity index (χ2v) is 2.72. The summed E-state index contributed by atoms with van der Waals surface area (Å²) in [5.41, 5.74) is 1.05. The van der Waals surface area contributed by atoms with Gasteiger partial charge in [0.25, 0.3) is 0 Å². The topological polar surface area (TPSA) is 26.0 Å². The molecule has 0 aliphatic carbocycles. The molecule has 0 bridgehead atoms. The zero-order valence-corrected chi connectivity index (χ0v) is 7.48. The van der Waals surface area contributed by atoms with Gasteiger partial charge in [-0.3, -0.25) is 0 Å². The van der Waals surface area contributed by atoms with Crippen molar-refractivity contribution < 1.29 is 4.42 Å². The van der Waals surface area contributed by atoms with Crippen LogP contribution in [0.3, 0.4) is 0 Å². The van der Waals surface area contributed by atoms with Gasteiger partial charge in [0.05, 0.1) is 5.69 Å². The van der Waals surface area contributed by atoms with E-state index in [4.69, 9.17) is 4.42 Å². The van der Waals surface area contributed by atoms with Crippen LogP contribution < -0.4 is 0 Å². The van der Waals surface area contributed by atoms with E-state index in [1.54, 1.807) is 0 Å². The van der Waals surface area contributed by atoms with Crippen molar-refractivity contribution in [1.82, 2.24) is 4.98 Å². The number of hydrogen-bond acceptors (Lipinski definition) is 2. The SMILES string of the molecule is CCCc1nc(C)c(CC)o1. The van der Waals surface area contributed by atoms with Crippen molar-refractivity contribution in [3.05, 3.63) is 17.3 Å². The quantitative estimate of drug-likeness (QED) is 0.666. The predicted octanol–water partition coefficient (Wildman–Crippen LogP) is 2.50. The van der Waals surface area contributed by atoms with Gasteiger partial charge in [-0.05, 0) is 13.3 Å². The van der Waals surface area contributed by atoms with E-state index in [1.807, 2.05) is 6.92 Å². The fraction of sp³-hybridized carbons (Fsp3) is 0.667. The minimum atomic E-state index is 0.891. The lowest BCUT2D eigenvalue weighted by molar-refractivity contribution is 0.455. The van der Waals surface area contributed by atoms with Gasteiger partial charge in [0.1, 0.15) is 5.76 Å². The van der Waals surface area contributed by atoms with Crippen molar-refractivity contribution in [1.29, 1.82) is 0 Å². The average molecular weight is 153 g/mol. The Labute approximate surface area is 67.6 Å². The summed E-state index contributed by atoms with van der Waals surface area (Å²) in [7, 11) is 0. The van der Waals surface area contributed by atoms with E-state index in [1.165, 1.54) is 0 Å². The van der Waals surface area contributed by atoms with Gasteiger partial charge in [-0.25, -0.2) is 4.98 Å². The molecule has 11 heavy (non-hydrogen) atoms. The van der Waals surface area contributed by atoms with Gasteiger partial charge in [0.2, 0.25) is 0 Å². The van der Waals surface area contributed by atoms with E-state index in [-0.39, 0.29) is 0 Å². The second-order valence-electron chi connectivity index (χ2n) is 2.72. The molecule has 1 aromatic rings. The third-order valence-corrected chi connectivity index (χ3v) is 1.72. The van der Waals surface area contributed by atoms with E-state index in [2.05, 4.69) is 18.8 Å². The number of oxazole rings is 1. The summed E-state index contributed by atoms with van der Waals surface area (Å²) in [6, 6.07) is 0. The summed E-state index contributed by atoms with van der Waals surface area (Å²) in [5, 5.41) is 0. The van der Waals surface area contributed by atoms with Gasteiger partial charge < -0.3 is 4.42 Å². The molecule has 0 saturated carbocycles. The molecule has 0 saturated heterocycles. The Bertz CT molecular complexity index is 227. The van der Waals surface area contributed by atoms with Crippen molar-refractivity contribution in [3.8, 4) is 0 Å². The summed E-state index contributed by atoms with van der Waals surface area (Å²) in [5.74, 6) is 1.93. The van der Waals surface area contributed by atoms with Crippen molar-refractivity contribution >= 4 is 0 Å². The van der Waals surface area contributed by atoms with Gasteiger partial charge in [0.15, 0.2) is 5.89 Å². The van der Waals surface area contributed by atoms with Crippen LogP contribution in [-0.4, -0.2) is 4.98 Å². The molecule has 1 heterocycles. The van der Waals surface area contributed by atoms with E-state index >= 15 is 0 Å². The first-order chi connectivity index (χ1) is 5.27. The molecule has 0 radical (unpaired) electrons. The number of hydrogen-bond donors (Lipinski definition) is 0. The van der Waals surface area contributed by atoms with Crippen molar-refractivity contribution in [2.45, 2.75) is 40.0 Å². The molecule has 1 aromatic heterocycles. The van der Waals surface area contributed by atoms with Crippen LogP contribution in [-0.2, 0) is 12.8 Å². The summed E-state index contributed by atoms with van der Waals surface area (Å²) in [4.78, 5) is 4.30. The molecule has 0 aliphatic rings. The minimum Gasteiger partial charge on any atom is -0.445 e. The largest absolute Gasteiger partial charge is 0.445 e. The predicted molar refractivity (Wildman–Crippen MR) is 44.6 cm³/mol. The van der Waals surface area contributed by atoms with Gasteiger partial charge in [0, 0.05) is 12.8 Å². The fourth-order valence-electron chi connectivity index (χ4n) is 1.14. The van der Waals surface area contributed by atoms with Crippen LogP contribution in [0, 0.1) is 6.92 Å². The van der Waals surface area contributed by atoms with Crippen molar-refractivity contribution in [3.63, 3.8) is 0 Å². The normalized spacial score (nSPS) is 10.5. The Kier molecular flexibility index (Phi) is 2.69. The first kappa shape index (κ1) is 8.31. The lowest BCUT2D eigenvalue weighted by atomic mass is 10.3. The maximum atomic E-state index is 5.49. The van der Waals surface area contributed by atoms with Crippen LogP contribution in [0.15, 0.2) is 4.42 Å². The van der Waals surface area contributed by atoms with Crippen LogP contribution in [0.4, 0.5) is 0 Å². The molecule has 0 N–H and O–H groups in total.